The summed E-state index contributed by atoms with van der Waals surface area (Å²) in [6.07, 6.45) is 64.2. The molecule has 0 saturated carbocycles. The first-order valence-electron chi connectivity index (χ1n) is 25.7. The Kier molecular flexibility index (Phi) is 45.1. The van der Waals surface area contributed by atoms with Crippen LogP contribution in [-0.2, 0) is 33.3 Å². The van der Waals surface area contributed by atoms with E-state index in [4.69, 9.17) is 18.9 Å². The minimum absolute atomic E-state index is 0.136. The molecule has 0 aliphatic rings. The van der Waals surface area contributed by atoms with Crippen LogP contribution in [0.3, 0.4) is 0 Å². The number of carboxylic acid groups (broad SMARTS) is 1. The molecule has 9 heteroatoms. The Labute approximate surface area is 408 Å². The summed E-state index contributed by atoms with van der Waals surface area (Å²) >= 11 is 0. The van der Waals surface area contributed by atoms with Gasteiger partial charge in [-0.05, 0) is 89.9 Å². The van der Waals surface area contributed by atoms with Gasteiger partial charge in [-0.3, -0.25) is 9.59 Å². The van der Waals surface area contributed by atoms with E-state index in [0.717, 1.165) is 116 Å². The first-order valence-corrected chi connectivity index (χ1v) is 25.7. The van der Waals surface area contributed by atoms with Gasteiger partial charge >= 0.3 is 11.9 Å². The van der Waals surface area contributed by atoms with Crippen LogP contribution in [0.4, 0.5) is 0 Å². The van der Waals surface area contributed by atoms with Gasteiger partial charge in [0.25, 0.3) is 0 Å². The number of unbranched alkanes of at least 4 members (excludes halogenated alkanes) is 10. The summed E-state index contributed by atoms with van der Waals surface area (Å²) in [5.41, 5.74) is 0. The molecule has 0 amide bonds. The molecule has 67 heavy (non-hydrogen) atoms. The van der Waals surface area contributed by atoms with E-state index in [2.05, 4.69) is 135 Å². The summed E-state index contributed by atoms with van der Waals surface area (Å²) in [7, 11) is 5.88. The molecule has 2 unspecified atom stereocenters. The van der Waals surface area contributed by atoms with Gasteiger partial charge in [-0.15, -0.1) is 0 Å². The standard InChI is InChI=1S/C58H93NO8/c1-6-8-10-12-14-15-16-17-18-19-20-21-22-23-24-25-26-27-28-29-30-31-32-33-34-35-36-37-38-39-40-41-43-45-47-49-56(61)67-54(52-65-55(60)48-46-44-42-13-11-9-7-2)53-66-58(57(62)63)64-51-50-59(3,4)5/h8,10,14-15,17-18,20-21,23-24,26-27,29-30,32-33,35-36,38-39,54,58H,6-7,9,11-13,16,19,22,25,28,31,34,37,40-53H2,1-5H3/b10-8-,15-14-,18-17-,21-20-,24-23-,27-26-,30-29-,33-32-,36-35-,39-38-. The molecule has 0 aromatic rings. The third kappa shape index (κ3) is 49.4. The average molecular weight is 932 g/mol. The van der Waals surface area contributed by atoms with Crippen LogP contribution in [0.1, 0.15) is 168 Å². The number of carbonyl (C=O) groups is 3. The van der Waals surface area contributed by atoms with Gasteiger partial charge in [0.2, 0.25) is 0 Å². The third-order valence-electron chi connectivity index (χ3n) is 10.2. The minimum Gasteiger partial charge on any atom is -0.545 e. The molecule has 0 saturated heterocycles. The number of carbonyl (C=O) groups excluding carboxylic acids is 3. The number of esters is 2. The van der Waals surface area contributed by atoms with Crippen molar-refractivity contribution >= 4 is 17.9 Å². The summed E-state index contributed by atoms with van der Waals surface area (Å²) in [6.45, 7) is 4.51. The maximum Gasteiger partial charge on any atom is 0.306 e. The Morgan fingerprint density at radius 1 is 0.463 bits per heavy atom. The largest absolute Gasteiger partial charge is 0.545 e. The molecule has 0 spiro atoms. The highest BCUT2D eigenvalue weighted by atomic mass is 16.7. The second-order valence-electron chi connectivity index (χ2n) is 17.7. The van der Waals surface area contributed by atoms with Crippen molar-refractivity contribution in [3.05, 3.63) is 122 Å². The number of ether oxygens (including phenoxy) is 4. The van der Waals surface area contributed by atoms with Crippen molar-refractivity contribution in [2.24, 2.45) is 0 Å². The molecule has 0 N–H and O–H groups in total. The smallest absolute Gasteiger partial charge is 0.306 e. The quantitative estimate of drug-likeness (QED) is 0.0195. The number of aliphatic carboxylic acids is 1. The molecule has 0 aliphatic carbocycles. The van der Waals surface area contributed by atoms with Gasteiger partial charge in [-0.2, -0.15) is 0 Å². The molecule has 0 fully saturated rings. The highest BCUT2D eigenvalue weighted by Crippen LogP contribution is 2.12. The predicted molar refractivity (Wildman–Crippen MR) is 278 cm³/mol. The van der Waals surface area contributed by atoms with Gasteiger partial charge in [-0.1, -0.05) is 187 Å². The molecular weight excluding hydrogens is 839 g/mol. The lowest BCUT2D eigenvalue weighted by atomic mass is 10.1. The SMILES string of the molecule is CC/C=C\C/C=C\C/C=C\C/C=C\C/C=C\C/C=C\C/C=C\C/C=C\C/C=C\C/C=C\CCCCCCC(=O)OC(COC(=O)CCCCCCCCC)COC(OCC[N+](C)(C)C)C(=O)[O-]. The monoisotopic (exact) mass is 932 g/mol. The topological polar surface area (TPSA) is 111 Å². The third-order valence-corrected chi connectivity index (χ3v) is 10.2. The summed E-state index contributed by atoms with van der Waals surface area (Å²) in [5, 5.41) is 11.7. The zero-order valence-electron chi connectivity index (χ0n) is 42.7. The van der Waals surface area contributed by atoms with E-state index in [0.29, 0.717) is 17.4 Å². The van der Waals surface area contributed by atoms with Crippen LogP contribution in [0.5, 0.6) is 0 Å². The number of hydrogen-bond acceptors (Lipinski definition) is 8. The molecular formula is C58H93NO8. The average Bonchev–Trinajstić information content (AvgIpc) is 3.29. The lowest BCUT2D eigenvalue weighted by Crippen LogP contribution is -2.44. The van der Waals surface area contributed by atoms with Crippen molar-refractivity contribution in [3.8, 4) is 0 Å². The van der Waals surface area contributed by atoms with Crippen molar-refractivity contribution in [3.63, 3.8) is 0 Å². The molecule has 2 atom stereocenters. The van der Waals surface area contributed by atoms with E-state index in [1.807, 2.05) is 21.1 Å². The van der Waals surface area contributed by atoms with E-state index in [1.165, 1.54) is 19.3 Å². The van der Waals surface area contributed by atoms with Crippen LogP contribution in [0.25, 0.3) is 0 Å². The maximum absolute atomic E-state index is 12.7. The zero-order valence-corrected chi connectivity index (χ0v) is 42.7. The lowest BCUT2D eigenvalue weighted by molar-refractivity contribution is -0.870. The van der Waals surface area contributed by atoms with Crippen molar-refractivity contribution in [2.75, 3.05) is 47.5 Å². The van der Waals surface area contributed by atoms with Crippen molar-refractivity contribution < 1.29 is 42.9 Å². The van der Waals surface area contributed by atoms with Gasteiger partial charge < -0.3 is 33.3 Å². The van der Waals surface area contributed by atoms with Crippen molar-refractivity contribution in [2.45, 2.75) is 180 Å². The molecule has 0 aromatic carbocycles. The van der Waals surface area contributed by atoms with Crippen LogP contribution in [0.2, 0.25) is 0 Å². The van der Waals surface area contributed by atoms with Crippen LogP contribution in [0.15, 0.2) is 122 Å². The molecule has 0 radical (unpaired) electrons. The molecule has 0 aromatic heterocycles. The van der Waals surface area contributed by atoms with E-state index in [1.54, 1.807) is 0 Å². The number of hydrogen-bond donors (Lipinski definition) is 0. The Morgan fingerprint density at radius 2 is 0.851 bits per heavy atom. The second-order valence-corrected chi connectivity index (χ2v) is 17.7. The van der Waals surface area contributed by atoms with Crippen LogP contribution < -0.4 is 5.11 Å². The summed E-state index contributed by atoms with van der Waals surface area (Å²) in [6, 6.07) is 0. The maximum atomic E-state index is 12.7. The second kappa shape index (κ2) is 48.2. The molecule has 0 bridgehead atoms. The molecule has 0 heterocycles. The minimum atomic E-state index is -1.63. The Bertz CT molecular complexity index is 1510. The lowest BCUT2D eigenvalue weighted by Gasteiger charge is -2.26. The number of likely N-dealkylation sites (N-methyl/N-ethyl adjacent to an activating group) is 1. The number of quaternary nitrogens is 1. The van der Waals surface area contributed by atoms with E-state index in [9.17, 15) is 19.5 Å². The van der Waals surface area contributed by atoms with Gasteiger partial charge in [0, 0.05) is 12.8 Å². The molecule has 0 aliphatic heterocycles. The fraction of sp³-hybridized carbons (Fsp3) is 0.603. The van der Waals surface area contributed by atoms with Crippen LogP contribution in [0, 0.1) is 0 Å². The number of allylic oxidation sites excluding steroid dienone is 20. The fourth-order valence-electron chi connectivity index (χ4n) is 6.27. The van der Waals surface area contributed by atoms with E-state index >= 15 is 0 Å². The Hall–Kier alpha value is -4.31. The number of carboxylic acids is 1. The highest BCUT2D eigenvalue weighted by molar-refractivity contribution is 5.70. The Balaban J connectivity index is 4.23. The molecule has 378 valence electrons. The van der Waals surface area contributed by atoms with Crippen molar-refractivity contribution in [1.82, 2.24) is 0 Å². The summed E-state index contributed by atoms with van der Waals surface area (Å²) < 4.78 is 22.4. The molecule has 0 rings (SSSR count). The Morgan fingerprint density at radius 3 is 1.27 bits per heavy atom. The first-order chi connectivity index (χ1) is 32.6. The predicted octanol–water partition coefficient (Wildman–Crippen LogP) is 13.2. The van der Waals surface area contributed by atoms with Gasteiger partial charge in [0.05, 0.1) is 40.3 Å². The van der Waals surface area contributed by atoms with Gasteiger partial charge in [0.15, 0.2) is 12.4 Å². The van der Waals surface area contributed by atoms with Gasteiger partial charge in [0.1, 0.15) is 13.2 Å². The number of rotatable bonds is 45. The zero-order chi connectivity index (χ0) is 49.2. The van der Waals surface area contributed by atoms with E-state index < -0.39 is 24.3 Å². The first kappa shape index (κ1) is 62.7. The normalized spacial score (nSPS) is 13.9. The molecule has 9 nitrogen and oxygen atoms in total. The summed E-state index contributed by atoms with van der Waals surface area (Å²) in [4.78, 5) is 36.8. The van der Waals surface area contributed by atoms with Crippen LogP contribution >= 0.6 is 0 Å². The fourth-order valence-corrected chi connectivity index (χ4v) is 6.27. The van der Waals surface area contributed by atoms with Crippen molar-refractivity contribution in [1.29, 1.82) is 0 Å². The van der Waals surface area contributed by atoms with E-state index in [-0.39, 0.29) is 38.6 Å². The van der Waals surface area contributed by atoms with Gasteiger partial charge in [-0.25, -0.2) is 0 Å². The summed E-state index contributed by atoms with van der Waals surface area (Å²) in [5.74, 6) is -2.34. The number of nitrogens with zero attached hydrogens (tertiary/aromatic N) is 1. The van der Waals surface area contributed by atoms with Crippen LogP contribution in [-0.4, -0.2) is 82.3 Å². The highest BCUT2D eigenvalue weighted by Gasteiger charge is 2.21.